The van der Waals surface area contributed by atoms with Gasteiger partial charge in [-0.25, -0.2) is 15.0 Å². The summed E-state index contributed by atoms with van der Waals surface area (Å²) in [5, 5.41) is 0. The Bertz CT molecular complexity index is 577. The minimum atomic E-state index is 0.741. The molecule has 0 atom stereocenters. The molecule has 0 radical (unpaired) electrons. The lowest BCUT2D eigenvalue weighted by Crippen LogP contribution is -2.47. The fourth-order valence-corrected chi connectivity index (χ4v) is 2.31. The molecule has 2 N–H and O–H groups in total. The number of nitrogens with zero attached hydrogens (tertiary/aromatic N) is 5. The molecule has 0 aliphatic carbocycles. The number of hydrogen-bond donors (Lipinski definition) is 1. The molecule has 1 fully saturated rings. The number of anilines is 3. The maximum atomic E-state index is 5.81. The van der Waals surface area contributed by atoms with E-state index in [1.807, 2.05) is 19.1 Å². The summed E-state index contributed by atoms with van der Waals surface area (Å²) in [5.74, 6) is 1.79. The van der Waals surface area contributed by atoms with Crippen LogP contribution in [0.5, 0.6) is 0 Å². The number of aryl methyl sites for hydroxylation is 1. The molecule has 2 aromatic rings. The van der Waals surface area contributed by atoms with Gasteiger partial charge in [-0.15, -0.1) is 0 Å². The van der Waals surface area contributed by atoms with Crippen LogP contribution in [0.1, 0.15) is 5.56 Å². The lowest BCUT2D eigenvalue weighted by molar-refractivity contribution is 0.634. The van der Waals surface area contributed by atoms with Gasteiger partial charge in [-0.05, 0) is 24.6 Å². The predicted octanol–water partition coefficient (Wildman–Crippen LogP) is 1.09. The Morgan fingerprint density at radius 1 is 1.00 bits per heavy atom. The van der Waals surface area contributed by atoms with Crippen molar-refractivity contribution in [2.75, 3.05) is 41.7 Å². The molecule has 6 nitrogen and oxygen atoms in total. The average molecular weight is 270 g/mol. The Morgan fingerprint density at radius 2 is 1.65 bits per heavy atom. The zero-order chi connectivity index (χ0) is 13.9. The minimum Gasteiger partial charge on any atom is -0.397 e. The largest absolute Gasteiger partial charge is 0.397 e. The second-order valence-corrected chi connectivity index (χ2v) is 4.92. The highest BCUT2D eigenvalue weighted by atomic mass is 15.3. The molecule has 1 saturated heterocycles. The number of rotatable bonds is 2. The van der Waals surface area contributed by atoms with Crippen molar-refractivity contribution < 1.29 is 0 Å². The standard InChI is InChI=1S/C14H18N6/c1-11-9-13(18-10-12(11)15)19-5-7-20(8-6-19)14-16-3-2-4-17-14/h2-4,9-10H,5-8,15H2,1H3. The molecule has 3 heterocycles. The lowest BCUT2D eigenvalue weighted by Gasteiger charge is -2.35. The number of nitrogen functional groups attached to an aromatic ring is 1. The molecule has 0 aromatic carbocycles. The van der Waals surface area contributed by atoms with E-state index in [4.69, 9.17) is 5.73 Å². The summed E-state index contributed by atoms with van der Waals surface area (Å²) in [7, 11) is 0. The first-order chi connectivity index (χ1) is 9.74. The molecule has 0 amide bonds. The average Bonchev–Trinajstić information content (AvgIpc) is 2.51. The zero-order valence-corrected chi connectivity index (χ0v) is 11.5. The van der Waals surface area contributed by atoms with E-state index in [1.54, 1.807) is 18.6 Å². The summed E-state index contributed by atoms with van der Waals surface area (Å²) in [5.41, 5.74) is 7.62. The fraction of sp³-hybridized carbons (Fsp3) is 0.357. The van der Waals surface area contributed by atoms with Crippen LogP contribution in [0.3, 0.4) is 0 Å². The Kier molecular flexibility index (Phi) is 3.37. The number of nitrogens with two attached hydrogens (primary N) is 1. The highest BCUT2D eigenvalue weighted by Gasteiger charge is 2.19. The van der Waals surface area contributed by atoms with E-state index in [1.165, 1.54) is 0 Å². The maximum absolute atomic E-state index is 5.81. The van der Waals surface area contributed by atoms with Gasteiger partial charge in [-0.1, -0.05) is 0 Å². The third kappa shape index (κ3) is 2.49. The van der Waals surface area contributed by atoms with Gasteiger partial charge >= 0.3 is 0 Å². The van der Waals surface area contributed by atoms with Crippen molar-refractivity contribution in [3.63, 3.8) is 0 Å². The smallest absolute Gasteiger partial charge is 0.225 e. The van der Waals surface area contributed by atoms with E-state index in [9.17, 15) is 0 Å². The Morgan fingerprint density at radius 3 is 2.30 bits per heavy atom. The van der Waals surface area contributed by atoms with Crippen LogP contribution in [0.2, 0.25) is 0 Å². The summed E-state index contributed by atoms with van der Waals surface area (Å²) in [6.07, 6.45) is 5.29. The molecule has 0 bridgehead atoms. The number of piperazine rings is 1. The van der Waals surface area contributed by atoms with Crippen molar-refractivity contribution >= 4 is 17.5 Å². The van der Waals surface area contributed by atoms with Gasteiger partial charge in [0.1, 0.15) is 5.82 Å². The maximum Gasteiger partial charge on any atom is 0.225 e. The number of pyridine rings is 1. The first-order valence-corrected chi connectivity index (χ1v) is 6.73. The number of hydrogen-bond acceptors (Lipinski definition) is 6. The van der Waals surface area contributed by atoms with E-state index in [0.29, 0.717) is 0 Å². The summed E-state index contributed by atoms with van der Waals surface area (Å²) in [6.45, 7) is 5.63. The second-order valence-electron chi connectivity index (χ2n) is 4.92. The van der Waals surface area contributed by atoms with Gasteiger partial charge < -0.3 is 15.5 Å². The van der Waals surface area contributed by atoms with Crippen LogP contribution >= 0.6 is 0 Å². The molecule has 0 saturated carbocycles. The van der Waals surface area contributed by atoms with Gasteiger partial charge in [0, 0.05) is 38.6 Å². The third-order valence-corrected chi connectivity index (χ3v) is 3.58. The lowest BCUT2D eigenvalue weighted by atomic mass is 10.2. The van der Waals surface area contributed by atoms with Gasteiger partial charge in [0.25, 0.3) is 0 Å². The Labute approximate surface area is 118 Å². The first-order valence-electron chi connectivity index (χ1n) is 6.73. The SMILES string of the molecule is Cc1cc(N2CCN(c3ncccn3)CC2)ncc1N. The van der Waals surface area contributed by atoms with Crippen LogP contribution < -0.4 is 15.5 Å². The Hall–Kier alpha value is -2.37. The van der Waals surface area contributed by atoms with Crippen LogP contribution in [0.15, 0.2) is 30.7 Å². The summed E-state index contributed by atoms with van der Waals surface area (Å²) < 4.78 is 0. The van der Waals surface area contributed by atoms with Crippen LogP contribution in [0, 0.1) is 6.92 Å². The topological polar surface area (TPSA) is 71.2 Å². The summed E-state index contributed by atoms with van der Waals surface area (Å²) in [6, 6.07) is 3.88. The van der Waals surface area contributed by atoms with Crippen molar-refractivity contribution in [3.8, 4) is 0 Å². The quantitative estimate of drug-likeness (QED) is 0.880. The fourth-order valence-electron chi connectivity index (χ4n) is 2.31. The Balaban J connectivity index is 1.68. The molecule has 3 rings (SSSR count). The van der Waals surface area contributed by atoms with E-state index in [2.05, 4.69) is 24.8 Å². The van der Waals surface area contributed by atoms with Gasteiger partial charge in [0.15, 0.2) is 0 Å². The predicted molar refractivity (Wildman–Crippen MR) is 79.8 cm³/mol. The van der Waals surface area contributed by atoms with Gasteiger partial charge in [0.2, 0.25) is 5.95 Å². The minimum absolute atomic E-state index is 0.741. The van der Waals surface area contributed by atoms with E-state index >= 15 is 0 Å². The highest BCUT2D eigenvalue weighted by molar-refractivity contribution is 5.52. The molecular weight excluding hydrogens is 252 g/mol. The van der Waals surface area contributed by atoms with Crippen molar-refractivity contribution in [2.24, 2.45) is 0 Å². The molecule has 1 aliphatic rings. The van der Waals surface area contributed by atoms with Gasteiger partial charge in [-0.3, -0.25) is 0 Å². The van der Waals surface area contributed by atoms with Crippen LogP contribution in [0.25, 0.3) is 0 Å². The van der Waals surface area contributed by atoms with E-state index < -0.39 is 0 Å². The molecular formula is C14H18N6. The van der Waals surface area contributed by atoms with Crippen molar-refractivity contribution in [1.82, 2.24) is 15.0 Å². The molecule has 0 unspecified atom stereocenters. The molecule has 20 heavy (non-hydrogen) atoms. The molecule has 0 spiro atoms. The molecule has 2 aromatic heterocycles. The molecule has 6 heteroatoms. The summed E-state index contributed by atoms with van der Waals surface area (Å²) >= 11 is 0. The van der Waals surface area contributed by atoms with E-state index in [-0.39, 0.29) is 0 Å². The monoisotopic (exact) mass is 270 g/mol. The van der Waals surface area contributed by atoms with Gasteiger partial charge in [0.05, 0.1) is 11.9 Å². The summed E-state index contributed by atoms with van der Waals surface area (Å²) in [4.78, 5) is 17.5. The van der Waals surface area contributed by atoms with Crippen LogP contribution in [0.4, 0.5) is 17.5 Å². The number of aromatic nitrogens is 3. The van der Waals surface area contributed by atoms with Crippen molar-refractivity contribution in [3.05, 3.63) is 36.3 Å². The molecule has 1 aliphatic heterocycles. The highest BCUT2D eigenvalue weighted by Crippen LogP contribution is 2.19. The van der Waals surface area contributed by atoms with Crippen molar-refractivity contribution in [1.29, 1.82) is 0 Å². The van der Waals surface area contributed by atoms with Crippen LogP contribution in [-0.2, 0) is 0 Å². The second kappa shape index (κ2) is 5.32. The normalized spacial score (nSPS) is 15.4. The van der Waals surface area contributed by atoms with Crippen LogP contribution in [-0.4, -0.2) is 41.1 Å². The third-order valence-electron chi connectivity index (χ3n) is 3.58. The van der Waals surface area contributed by atoms with E-state index in [0.717, 1.165) is 49.2 Å². The first kappa shape index (κ1) is 12.7. The van der Waals surface area contributed by atoms with Crippen molar-refractivity contribution in [2.45, 2.75) is 6.92 Å². The van der Waals surface area contributed by atoms with Gasteiger partial charge in [-0.2, -0.15) is 0 Å². The molecule has 104 valence electrons. The zero-order valence-electron chi connectivity index (χ0n) is 11.5.